The molecule has 2 aliphatic rings. The fourth-order valence-electron chi connectivity index (χ4n) is 4.60. The summed E-state index contributed by atoms with van der Waals surface area (Å²) in [7, 11) is 1.30. The predicted molar refractivity (Wildman–Crippen MR) is 100 cm³/mol. The van der Waals surface area contributed by atoms with Crippen molar-refractivity contribution in [3.05, 3.63) is 24.3 Å². The molecular formula is C19H21NO8S. The zero-order chi connectivity index (χ0) is 21.6. The van der Waals surface area contributed by atoms with Crippen LogP contribution in [0.2, 0.25) is 0 Å². The number of hydrogen-bond acceptors (Lipinski definition) is 8. The molecule has 10 heteroatoms. The summed E-state index contributed by atoms with van der Waals surface area (Å²) < 4.78 is 26.4. The molecule has 1 aromatic rings. The van der Waals surface area contributed by atoms with Crippen molar-refractivity contribution in [2.75, 3.05) is 26.2 Å². The summed E-state index contributed by atoms with van der Waals surface area (Å²) in [6.07, 6.45) is -0.546. The molecule has 1 fully saturated rings. The fraction of sp³-hybridized carbons (Fsp3) is 0.474. The van der Waals surface area contributed by atoms with Crippen molar-refractivity contribution in [1.82, 2.24) is 0 Å². The molecule has 0 N–H and O–H groups in total. The van der Waals surface area contributed by atoms with Crippen LogP contribution in [0.1, 0.15) is 19.8 Å². The Hall–Kier alpha value is -2.75. The average Bonchev–Trinajstić information content (AvgIpc) is 2.70. The number of rotatable bonds is 4. The molecule has 9 nitrogen and oxygen atoms in total. The molecular weight excluding hydrogens is 402 g/mol. The Bertz CT molecular complexity index is 931. The van der Waals surface area contributed by atoms with Gasteiger partial charge in [-0.15, -0.1) is 0 Å². The number of esters is 3. The molecule has 0 bridgehead atoms. The van der Waals surface area contributed by atoms with Crippen LogP contribution in [0.15, 0.2) is 29.2 Å². The standard InChI is InChI=1S/C19H21NO8S/c1-11(21)20-13-7-5-6-8-14(13)29(25)19(17(24)28-4)12(16(23)27-3)9-18(19,20)10-15(22)26-2/h5-8,12H,9-10H2,1-4H3. The first-order valence-corrected chi connectivity index (χ1v) is 9.92. The van der Waals surface area contributed by atoms with Crippen LogP contribution in [0.25, 0.3) is 0 Å². The highest BCUT2D eigenvalue weighted by Gasteiger charge is 2.81. The first kappa shape index (κ1) is 21.0. The van der Waals surface area contributed by atoms with E-state index in [0.717, 1.165) is 14.2 Å². The van der Waals surface area contributed by atoms with E-state index in [4.69, 9.17) is 14.2 Å². The lowest BCUT2D eigenvalue weighted by atomic mass is 9.55. The molecule has 1 aliphatic carbocycles. The number of benzene rings is 1. The number of hydrogen-bond donors (Lipinski definition) is 0. The lowest BCUT2D eigenvalue weighted by Crippen LogP contribution is -2.84. The summed E-state index contributed by atoms with van der Waals surface area (Å²) in [5.41, 5.74) is -1.29. The SMILES string of the molecule is COC(=O)CC12CC(C(=O)OC)C1(C(=O)OC)S(=O)c1ccccc1N2C(C)=O. The monoisotopic (exact) mass is 423 g/mol. The predicted octanol–water partition coefficient (Wildman–Crippen LogP) is 0.567. The number of amides is 1. The minimum atomic E-state index is -2.12. The van der Waals surface area contributed by atoms with E-state index >= 15 is 0 Å². The average molecular weight is 423 g/mol. The summed E-state index contributed by atoms with van der Waals surface area (Å²) in [6.45, 7) is 1.28. The Balaban J connectivity index is 2.39. The van der Waals surface area contributed by atoms with Gasteiger partial charge in [0.1, 0.15) is 0 Å². The van der Waals surface area contributed by atoms with Gasteiger partial charge in [0.05, 0.1) is 60.6 Å². The summed E-state index contributed by atoms with van der Waals surface area (Å²) >= 11 is 0. The van der Waals surface area contributed by atoms with Crippen LogP contribution in [0.4, 0.5) is 5.69 Å². The van der Waals surface area contributed by atoms with Crippen LogP contribution < -0.4 is 4.90 Å². The minimum Gasteiger partial charge on any atom is -0.469 e. The Labute approximate surface area is 169 Å². The van der Waals surface area contributed by atoms with Gasteiger partial charge in [-0.1, -0.05) is 12.1 Å². The zero-order valence-electron chi connectivity index (χ0n) is 16.4. The van der Waals surface area contributed by atoms with Crippen LogP contribution in [0.3, 0.4) is 0 Å². The number of ether oxygens (including phenoxy) is 3. The smallest absolute Gasteiger partial charge is 0.328 e. The first-order valence-electron chi connectivity index (χ1n) is 8.77. The van der Waals surface area contributed by atoms with Crippen molar-refractivity contribution in [3.8, 4) is 0 Å². The summed E-state index contributed by atoms with van der Waals surface area (Å²) in [5.74, 6) is -4.09. The Morgan fingerprint density at radius 1 is 1.10 bits per heavy atom. The van der Waals surface area contributed by atoms with Gasteiger partial charge in [-0.05, 0) is 18.6 Å². The van der Waals surface area contributed by atoms with Crippen molar-refractivity contribution in [1.29, 1.82) is 0 Å². The molecule has 4 atom stereocenters. The number of anilines is 1. The van der Waals surface area contributed by atoms with Gasteiger partial charge in [0.15, 0.2) is 4.75 Å². The molecule has 29 heavy (non-hydrogen) atoms. The first-order chi connectivity index (χ1) is 13.7. The number of methoxy groups -OCH3 is 3. The van der Waals surface area contributed by atoms with Crippen molar-refractivity contribution in [2.24, 2.45) is 5.92 Å². The topological polar surface area (TPSA) is 116 Å². The van der Waals surface area contributed by atoms with Gasteiger partial charge in [0.25, 0.3) is 0 Å². The zero-order valence-corrected chi connectivity index (χ0v) is 17.2. The van der Waals surface area contributed by atoms with Gasteiger partial charge in [0, 0.05) is 6.92 Å². The molecule has 0 aromatic heterocycles. The third-order valence-corrected chi connectivity index (χ3v) is 7.86. The maximum Gasteiger partial charge on any atom is 0.328 e. The number of para-hydroxylation sites is 1. The van der Waals surface area contributed by atoms with E-state index in [9.17, 15) is 23.4 Å². The lowest BCUT2D eigenvalue weighted by molar-refractivity contribution is -0.171. The molecule has 4 unspecified atom stereocenters. The van der Waals surface area contributed by atoms with Crippen molar-refractivity contribution in [2.45, 2.75) is 34.9 Å². The van der Waals surface area contributed by atoms with E-state index < -0.39 is 57.2 Å². The molecule has 1 heterocycles. The van der Waals surface area contributed by atoms with E-state index in [0.29, 0.717) is 5.69 Å². The second kappa shape index (κ2) is 7.25. The second-order valence-corrected chi connectivity index (χ2v) is 8.50. The molecule has 3 rings (SSSR count). The third-order valence-electron chi connectivity index (χ3n) is 5.70. The van der Waals surface area contributed by atoms with Crippen LogP contribution in [-0.2, 0) is 44.2 Å². The van der Waals surface area contributed by atoms with Gasteiger partial charge in [0.2, 0.25) is 5.91 Å². The van der Waals surface area contributed by atoms with Crippen LogP contribution in [-0.4, -0.2) is 59.6 Å². The van der Waals surface area contributed by atoms with E-state index in [1.54, 1.807) is 18.2 Å². The van der Waals surface area contributed by atoms with Crippen molar-refractivity contribution in [3.63, 3.8) is 0 Å². The quantitative estimate of drug-likeness (QED) is 0.510. The van der Waals surface area contributed by atoms with Gasteiger partial charge < -0.3 is 19.1 Å². The highest BCUT2D eigenvalue weighted by atomic mass is 32.2. The van der Waals surface area contributed by atoms with E-state index in [-0.39, 0.29) is 11.3 Å². The van der Waals surface area contributed by atoms with E-state index in [2.05, 4.69) is 0 Å². The highest BCUT2D eigenvalue weighted by molar-refractivity contribution is 7.88. The van der Waals surface area contributed by atoms with Crippen molar-refractivity contribution >= 4 is 40.3 Å². The van der Waals surface area contributed by atoms with Crippen molar-refractivity contribution < 1.29 is 37.6 Å². The normalized spacial score (nSPS) is 29.6. The highest BCUT2D eigenvalue weighted by Crippen LogP contribution is 2.63. The van der Waals surface area contributed by atoms with Gasteiger partial charge in [-0.2, -0.15) is 0 Å². The maximum atomic E-state index is 13.8. The minimum absolute atomic E-state index is 0.108. The lowest BCUT2D eigenvalue weighted by Gasteiger charge is -2.65. The second-order valence-electron chi connectivity index (χ2n) is 6.88. The molecule has 1 amide bonds. The van der Waals surface area contributed by atoms with Gasteiger partial charge >= 0.3 is 17.9 Å². The Kier molecular flexibility index (Phi) is 5.24. The fourth-order valence-corrected chi connectivity index (χ4v) is 6.77. The van der Waals surface area contributed by atoms with E-state index in [1.165, 1.54) is 25.0 Å². The number of nitrogens with zero attached hydrogens (tertiary/aromatic N) is 1. The molecule has 1 aromatic carbocycles. The number of fused-ring (bicyclic) bond motifs is 2. The molecule has 1 aliphatic heterocycles. The van der Waals surface area contributed by atoms with Crippen LogP contribution in [0.5, 0.6) is 0 Å². The van der Waals surface area contributed by atoms with Crippen LogP contribution >= 0.6 is 0 Å². The largest absolute Gasteiger partial charge is 0.469 e. The summed E-state index contributed by atoms with van der Waals surface area (Å²) in [5, 5.41) is 0. The number of carbonyl (C=O) groups excluding carboxylic acids is 4. The van der Waals surface area contributed by atoms with E-state index in [1.807, 2.05) is 0 Å². The van der Waals surface area contributed by atoms with Gasteiger partial charge in [-0.25, -0.2) is 0 Å². The summed E-state index contributed by atoms with van der Waals surface area (Å²) in [4.78, 5) is 52.2. The third kappa shape index (κ3) is 2.54. The van der Waals surface area contributed by atoms with Crippen LogP contribution in [0, 0.1) is 5.92 Å². The number of carbonyl (C=O) groups is 4. The molecule has 156 valence electrons. The molecule has 0 saturated heterocycles. The summed E-state index contributed by atoms with van der Waals surface area (Å²) in [6, 6.07) is 6.36. The molecule has 0 spiro atoms. The molecule has 1 saturated carbocycles. The molecule has 0 radical (unpaired) electrons. The Morgan fingerprint density at radius 2 is 1.76 bits per heavy atom. The van der Waals surface area contributed by atoms with Gasteiger partial charge in [-0.3, -0.25) is 23.4 Å². The maximum absolute atomic E-state index is 13.8. The Morgan fingerprint density at radius 3 is 2.31 bits per heavy atom.